The molecule has 0 aliphatic rings. The molecule has 0 bridgehead atoms. The van der Waals surface area contributed by atoms with Gasteiger partial charge in [0.1, 0.15) is 0 Å². The Morgan fingerprint density at radius 2 is 1.92 bits per heavy atom. The molecule has 0 aliphatic heterocycles. The van der Waals surface area contributed by atoms with Crippen LogP contribution in [0, 0.1) is 7.43 Å². The second kappa shape index (κ2) is 12.0. The van der Waals surface area contributed by atoms with E-state index in [-0.39, 0.29) is 45.7 Å². The summed E-state index contributed by atoms with van der Waals surface area (Å²) in [7, 11) is 0. The van der Waals surface area contributed by atoms with Gasteiger partial charge in [0.15, 0.2) is 0 Å². The zero-order valence-electron chi connectivity index (χ0n) is 8.74. The molecule has 1 rings (SSSR count). The van der Waals surface area contributed by atoms with Gasteiger partial charge in [-0.2, -0.15) is 0 Å². The molecule has 4 heteroatoms. The van der Waals surface area contributed by atoms with Gasteiger partial charge in [-0.25, -0.2) is 0 Å². The van der Waals surface area contributed by atoms with Crippen molar-refractivity contribution in [3.05, 3.63) is 35.6 Å². The number of aromatic nitrogens is 2. The largest absolute Gasteiger partial charge is 0.541 e. The molecule has 0 fully saturated rings. The van der Waals surface area contributed by atoms with Crippen molar-refractivity contribution in [1.82, 2.24) is 10.2 Å². The van der Waals surface area contributed by atoms with Crippen molar-refractivity contribution < 1.29 is 32.7 Å². The zero-order valence-corrected chi connectivity index (χ0v) is 11.6. The van der Waals surface area contributed by atoms with Crippen LogP contribution in [0.25, 0.3) is 0 Å². The molecule has 3 nitrogen and oxygen atoms in total. The van der Waals surface area contributed by atoms with E-state index in [2.05, 4.69) is 10.2 Å². The summed E-state index contributed by atoms with van der Waals surface area (Å²) >= 11 is 0. The summed E-state index contributed by atoms with van der Waals surface area (Å²) in [4.78, 5) is 10.4. The molecule has 0 unspecified atom stereocenters. The fourth-order valence-electron chi connectivity index (χ4n) is 0.536. The van der Waals surface area contributed by atoms with Crippen LogP contribution in [0.1, 0.15) is 26.5 Å². The monoisotopic (exact) mass is 257 g/mol. The Morgan fingerprint density at radius 3 is 2.23 bits per heavy atom. The van der Waals surface area contributed by atoms with Crippen molar-refractivity contribution in [3.8, 4) is 0 Å². The van der Waals surface area contributed by atoms with Crippen molar-refractivity contribution in [2.45, 2.75) is 27.2 Å². The Kier molecular flexibility index (Phi) is 17.2. The van der Waals surface area contributed by atoms with Crippen LogP contribution in [0.5, 0.6) is 0 Å². The fourth-order valence-corrected chi connectivity index (χ4v) is 0.536. The average Bonchev–Trinajstić information content (AvgIpc) is 2.10. The van der Waals surface area contributed by atoms with Crippen LogP contribution >= 0.6 is 0 Å². The summed E-state index contributed by atoms with van der Waals surface area (Å²) in [6.45, 7) is 5.97. The van der Waals surface area contributed by atoms with Crippen molar-refractivity contribution in [2.75, 3.05) is 0 Å². The molecule has 1 aromatic rings. The summed E-state index contributed by atoms with van der Waals surface area (Å²) in [5, 5.41) is 6.98. The van der Waals surface area contributed by atoms with E-state index in [1.54, 1.807) is 6.07 Å². The number of hydrogen-bond donors (Lipinski definition) is 0. The number of rotatable bonds is 1. The van der Waals surface area contributed by atoms with Gasteiger partial charge in [0, 0.05) is 38.4 Å². The molecule has 13 heavy (non-hydrogen) atoms. The second-order valence-corrected chi connectivity index (χ2v) is 1.72. The van der Waals surface area contributed by atoms with E-state index >= 15 is 0 Å². The third-order valence-corrected chi connectivity index (χ3v) is 1.06. The normalized spacial score (nSPS) is 7.00. The summed E-state index contributed by atoms with van der Waals surface area (Å²) < 4.78 is 0. The first-order valence-corrected chi connectivity index (χ1v) is 3.82. The SMILES string of the molecule is CC.CCc1ccc(=O)[n-]n1.[CH3-].[Y]. The molecule has 0 aromatic carbocycles. The van der Waals surface area contributed by atoms with Crippen LogP contribution < -0.4 is 10.7 Å². The van der Waals surface area contributed by atoms with Gasteiger partial charge in [0.2, 0.25) is 0 Å². The van der Waals surface area contributed by atoms with Crippen LogP contribution in [0.3, 0.4) is 0 Å². The van der Waals surface area contributed by atoms with Crippen molar-refractivity contribution in [2.24, 2.45) is 0 Å². The van der Waals surface area contributed by atoms with Crippen molar-refractivity contribution in [3.63, 3.8) is 0 Å². The van der Waals surface area contributed by atoms with Gasteiger partial charge in [-0.3, -0.25) is 0 Å². The van der Waals surface area contributed by atoms with E-state index in [4.69, 9.17) is 0 Å². The quantitative estimate of drug-likeness (QED) is 0.715. The summed E-state index contributed by atoms with van der Waals surface area (Å²) in [5.74, 6) is 0. The molecule has 1 aromatic heterocycles. The molecule has 1 heterocycles. The summed E-state index contributed by atoms with van der Waals surface area (Å²) in [5.41, 5.74) is 0.585. The molecule has 0 N–H and O–H groups in total. The van der Waals surface area contributed by atoms with E-state index in [9.17, 15) is 4.79 Å². The molecule has 0 saturated carbocycles. The molecule has 0 saturated heterocycles. The van der Waals surface area contributed by atoms with Gasteiger partial charge in [-0.05, 0) is 18.6 Å². The van der Waals surface area contributed by atoms with Crippen LogP contribution in [0.4, 0.5) is 0 Å². The van der Waals surface area contributed by atoms with Gasteiger partial charge < -0.3 is 22.4 Å². The molecule has 0 aliphatic carbocycles. The number of nitrogens with zero attached hydrogens (tertiary/aromatic N) is 2. The van der Waals surface area contributed by atoms with Gasteiger partial charge in [0.05, 0.1) is 5.56 Å². The van der Waals surface area contributed by atoms with Crippen LogP contribution in [0.15, 0.2) is 16.9 Å². The standard InChI is InChI=1S/C6H8N2O.C2H6.CH3.Y/c1-2-5-3-4-6(9)8-7-5;1-2;;/h3-4H,2H2,1H3,(H,8,9);1-2H3;1H3;/q;;-1;/p-1. The molecule has 0 atom stereocenters. The Morgan fingerprint density at radius 1 is 1.38 bits per heavy atom. The van der Waals surface area contributed by atoms with Gasteiger partial charge in [0.25, 0.3) is 0 Å². The Labute approximate surface area is 105 Å². The average molecular weight is 257 g/mol. The first-order chi connectivity index (χ1) is 5.33. The molecular weight excluding hydrogens is 241 g/mol. The molecule has 0 spiro atoms. The van der Waals surface area contributed by atoms with Gasteiger partial charge in [-0.15, -0.1) is 0 Å². The van der Waals surface area contributed by atoms with Gasteiger partial charge >= 0.3 is 0 Å². The first-order valence-electron chi connectivity index (χ1n) is 3.82. The van der Waals surface area contributed by atoms with Crippen LogP contribution in [-0.2, 0) is 39.1 Å². The van der Waals surface area contributed by atoms with Gasteiger partial charge in [-0.1, -0.05) is 20.8 Å². The van der Waals surface area contributed by atoms with Crippen LogP contribution in [-0.4, -0.2) is 5.10 Å². The van der Waals surface area contributed by atoms with E-state index in [1.807, 2.05) is 20.8 Å². The fraction of sp³-hybridized carbons (Fsp3) is 0.444. The molecule has 1 radical (unpaired) electrons. The Hall–Kier alpha value is -0.0161. The summed E-state index contributed by atoms with van der Waals surface area (Å²) in [6.07, 6.45) is 0.827. The van der Waals surface area contributed by atoms with Crippen LogP contribution in [0.2, 0.25) is 0 Å². The minimum Gasteiger partial charge on any atom is -0.541 e. The van der Waals surface area contributed by atoms with Crippen molar-refractivity contribution >= 4 is 0 Å². The smallest absolute Gasteiger partial charge is 0.0914 e. The topological polar surface area (TPSA) is 44.1 Å². The predicted octanol–water partition coefficient (Wildman–Crippen LogP) is 1.44. The molecule has 73 valence electrons. The van der Waals surface area contributed by atoms with Crippen molar-refractivity contribution in [1.29, 1.82) is 0 Å². The molecular formula is C9H16N2OY-2. The second-order valence-electron chi connectivity index (χ2n) is 1.72. The summed E-state index contributed by atoms with van der Waals surface area (Å²) in [6, 6.07) is 3.11. The maximum Gasteiger partial charge on any atom is 0.0914 e. The van der Waals surface area contributed by atoms with E-state index in [1.165, 1.54) is 6.07 Å². The third kappa shape index (κ3) is 8.32. The minimum absolute atomic E-state index is 0. The number of aryl methyl sites for hydroxylation is 1. The Bertz CT molecular complexity index is 227. The Balaban J connectivity index is -0.000000234. The van der Waals surface area contributed by atoms with E-state index in [0.29, 0.717) is 0 Å². The third-order valence-electron chi connectivity index (χ3n) is 1.06. The van der Waals surface area contributed by atoms with E-state index < -0.39 is 0 Å². The number of hydrogen-bond acceptors (Lipinski definition) is 2. The zero-order chi connectivity index (χ0) is 8.69. The maximum atomic E-state index is 10.4. The molecule has 0 amide bonds. The minimum atomic E-state index is -0.271. The van der Waals surface area contributed by atoms with E-state index in [0.717, 1.165) is 12.1 Å². The first kappa shape index (κ1) is 18.7. The predicted molar refractivity (Wildman–Crippen MR) is 51.0 cm³/mol. The maximum absolute atomic E-state index is 10.4.